The first-order valence-corrected chi connectivity index (χ1v) is 8.27. The lowest BCUT2D eigenvalue weighted by Crippen LogP contribution is -2.43. The number of rotatable bonds is 5. The number of hydrogen-bond acceptors (Lipinski definition) is 4. The molecule has 2 N–H and O–H groups in total. The average Bonchev–Trinajstić information content (AvgIpc) is 2.58. The van der Waals surface area contributed by atoms with Crippen LogP contribution in [-0.2, 0) is 4.79 Å². The second-order valence-electron chi connectivity index (χ2n) is 4.57. The van der Waals surface area contributed by atoms with Gasteiger partial charge in [0.25, 0.3) is 11.8 Å². The van der Waals surface area contributed by atoms with E-state index in [2.05, 4.69) is 33.4 Å². The summed E-state index contributed by atoms with van der Waals surface area (Å²) in [6, 6.07) is 11.7. The molecule has 24 heavy (non-hydrogen) atoms. The van der Waals surface area contributed by atoms with Gasteiger partial charge in [-0.3, -0.25) is 20.4 Å². The Hall–Kier alpha value is -2.00. The minimum atomic E-state index is -0.508. The van der Waals surface area contributed by atoms with Crippen molar-refractivity contribution in [1.82, 2.24) is 10.9 Å². The Morgan fingerprint density at radius 3 is 2.54 bits per heavy atom. The zero-order chi connectivity index (χ0) is 17.5. The Balaban J connectivity index is 1.84. The van der Waals surface area contributed by atoms with Crippen molar-refractivity contribution in [3.05, 3.63) is 56.6 Å². The molecule has 0 aliphatic heterocycles. The lowest BCUT2D eigenvalue weighted by molar-refractivity contribution is -0.123. The molecule has 0 aliphatic rings. The molecule has 2 amide bonds. The maximum atomic E-state index is 12.0. The van der Waals surface area contributed by atoms with Crippen LogP contribution in [0.1, 0.15) is 10.4 Å². The first kappa shape index (κ1) is 18.3. The molecule has 0 radical (unpaired) electrons. The van der Waals surface area contributed by atoms with Gasteiger partial charge in [-0.25, -0.2) is 0 Å². The summed E-state index contributed by atoms with van der Waals surface area (Å²) in [7, 11) is 1.55. The van der Waals surface area contributed by atoms with E-state index in [9.17, 15) is 9.59 Å². The van der Waals surface area contributed by atoms with E-state index < -0.39 is 11.8 Å². The second kappa shape index (κ2) is 8.74. The number of para-hydroxylation sites is 1. The Morgan fingerprint density at radius 1 is 1.12 bits per heavy atom. The smallest absolute Gasteiger partial charge is 0.276 e. The van der Waals surface area contributed by atoms with Crippen molar-refractivity contribution in [1.29, 1.82) is 0 Å². The first-order chi connectivity index (χ1) is 11.5. The van der Waals surface area contributed by atoms with E-state index >= 15 is 0 Å². The summed E-state index contributed by atoms with van der Waals surface area (Å²) in [4.78, 5) is 23.7. The second-order valence-corrected chi connectivity index (χ2v) is 6.14. The fraction of sp³-hybridized carbons (Fsp3) is 0.125. The summed E-state index contributed by atoms with van der Waals surface area (Å²) in [6.07, 6.45) is 0. The van der Waals surface area contributed by atoms with E-state index in [1.807, 2.05) is 0 Å². The zero-order valence-corrected chi connectivity index (χ0v) is 15.6. The van der Waals surface area contributed by atoms with Crippen LogP contribution in [0.3, 0.4) is 0 Å². The summed E-state index contributed by atoms with van der Waals surface area (Å²) < 4.78 is 11.2. The van der Waals surface area contributed by atoms with Crippen LogP contribution in [0.15, 0.2) is 42.5 Å². The fourth-order valence-corrected chi connectivity index (χ4v) is 2.67. The third kappa shape index (κ3) is 5.00. The van der Waals surface area contributed by atoms with Gasteiger partial charge in [-0.15, -0.1) is 0 Å². The molecular weight excluding hydrogens is 447 g/mol. The highest BCUT2D eigenvalue weighted by atomic mass is 127. The molecule has 0 aromatic heterocycles. The highest BCUT2D eigenvalue weighted by Gasteiger charge is 2.11. The average molecular weight is 461 g/mol. The number of carbonyl (C=O) groups is 2. The number of benzene rings is 2. The predicted octanol–water partition coefficient (Wildman–Crippen LogP) is 2.79. The Labute approximate surface area is 157 Å². The largest absolute Gasteiger partial charge is 0.496 e. The third-order valence-corrected chi connectivity index (χ3v) is 4.08. The molecule has 8 heteroatoms. The lowest BCUT2D eigenvalue weighted by atomic mass is 10.2. The van der Waals surface area contributed by atoms with Crippen LogP contribution >= 0.6 is 34.2 Å². The fourth-order valence-electron chi connectivity index (χ4n) is 1.75. The van der Waals surface area contributed by atoms with Crippen molar-refractivity contribution in [3.8, 4) is 11.5 Å². The van der Waals surface area contributed by atoms with E-state index in [0.717, 1.165) is 3.57 Å². The normalized spacial score (nSPS) is 9.96. The van der Waals surface area contributed by atoms with Gasteiger partial charge in [0, 0.05) is 5.56 Å². The van der Waals surface area contributed by atoms with Crippen LogP contribution in [0.25, 0.3) is 0 Å². The summed E-state index contributed by atoms with van der Waals surface area (Å²) in [5.74, 6) is 0.114. The number of hydrogen-bond donors (Lipinski definition) is 2. The molecule has 2 aromatic carbocycles. The Bertz CT molecular complexity index is 755. The van der Waals surface area contributed by atoms with E-state index in [-0.39, 0.29) is 6.61 Å². The molecule has 0 atom stereocenters. The molecule has 0 bridgehead atoms. The molecule has 0 fully saturated rings. The van der Waals surface area contributed by atoms with E-state index in [4.69, 9.17) is 21.1 Å². The quantitative estimate of drug-likeness (QED) is 0.531. The molecule has 6 nitrogen and oxygen atoms in total. The summed E-state index contributed by atoms with van der Waals surface area (Å²) >= 11 is 7.98. The lowest BCUT2D eigenvalue weighted by Gasteiger charge is -2.10. The van der Waals surface area contributed by atoms with Gasteiger partial charge in [-0.05, 0) is 52.9 Å². The monoisotopic (exact) mass is 460 g/mol. The van der Waals surface area contributed by atoms with E-state index in [0.29, 0.717) is 22.1 Å². The Kier molecular flexibility index (Phi) is 6.68. The number of hydrazine groups is 1. The van der Waals surface area contributed by atoms with Gasteiger partial charge in [-0.1, -0.05) is 23.7 Å². The molecule has 0 spiro atoms. The number of nitrogens with one attached hydrogen (secondary N) is 2. The third-order valence-electron chi connectivity index (χ3n) is 2.92. The minimum Gasteiger partial charge on any atom is -0.496 e. The Morgan fingerprint density at radius 2 is 1.88 bits per heavy atom. The van der Waals surface area contributed by atoms with Crippen molar-refractivity contribution in [3.63, 3.8) is 0 Å². The van der Waals surface area contributed by atoms with Crippen LogP contribution in [0, 0.1) is 3.57 Å². The number of halogens is 2. The topological polar surface area (TPSA) is 76.7 Å². The molecule has 0 unspecified atom stereocenters. The van der Waals surface area contributed by atoms with E-state index in [1.165, 1.54) is 0 Å². The summed E-state index contributed by atoms with van der Waals surface area (Å²) in [6.45, 7) is -0.274. The van der Waals surface area contributed by atoms with Crippen molar-refractivity contribution in [2.45, 2.75) is 0 Å². The van der Waals surface area contributed by atoms with Gasteiger partial charge in [0.2, 0.25) is 0 Å². The van der Waals surface area contributed by atoms with E-state index in [1.54, 1.807) is 49.6 Å². The maximum Gasteiger partial charge on any atom is 0.276 e. The van der Waals surface area contributed by atoms with Crippen molar-refractivity contribution >= 4 is 46.0 Å². The number of ether oxygens (including phenoxy) is 2. The number of carbonyl (C=O) groups excluding carboxylic acids is 2. The summed E-state index contributed by atoms with van der Waals surface area (Å²) in [5, 5.41) is 0.405. The standard InChI is InChI=1S/C16H14ClIN2O4/c1-23-14-7-6-10(8-12(14)18)16(22)20-19-15(21)9-24-13-5-3-2-4-11(13)17/h2-8H,9H2,1H3,(H,19,21)(H,20,22). The van der Waals surface area contributed by atoms with Crippen molar-refractivity contribution in [2.24, 2.45) is 0 Å². The van der Waals surface area contributed by atoms with Gasteiger partial charge in [0.1, 0.15) is 11.5 Å². The van der Waals surface area contributed by atoms with Crippen LogP contribution in [-0.4, -0.2) is 25.5 Å². The van der Waals surface area contributed by atoms with Crippen LogP contribution in [0.4, 0.5) is 0 Å². The predicted molar refractivity (Wildman–Crippen MR) is 98.3 cm³/mol. The van der Waals surface area contributed by atoms with Gasteiger partial charge in [0.05, 0.1) is 15.7 Å². The molecule has 2 rings (SSSR count). The van der Waals surface area contributed by atoms with Crippen molar-refractivity contribution < 1.29 is 19.1 Å². The molecule has 0 aliphatic carbocycles. The number of methoxy groups -OCH3 is 1. The van der Waals surface area contributed by atoms with Crippen molar-refractivity contribution in [2.75, 3.05) is 13.7 Å². The summed E-state index contributed by atoms with van der Waals surface area (Å²) in [5.41, 5.74) is 4.99. The molecule has 0 saturated carbocycles. The van der Waals surface area contributed by atoms with Gasteiger partial charge in [0.15, 0.2) is 6.61 Å². The molecular formula is C16H14ClIN2O4. The number of amides is 2. The van der Waals surface area contributed by atoms with Crippen LogP contribution in [0.2, 0.25) is 5.02 Å². The molecule has 0 saturated heterocycles. The van der Waals surface area contributed by atoms with Gasteiger partial charge < -0.3 is 9.47 Å². The highest BCUT2D eigenvalue weighted by Crippen LogP contribution is 2.23. The maximum absolute atomic E-state index is 12.0. The molecule has 0 heterocycles. The minimum absolute atomic E-state index is 0.274. The zero-order valence-electron chi connectivity index (χ0n) is 12.6. The SMILES string of the molecule is COc1ccc(C(=O)NNC(=O)COc2ccccc2Cl)cc1I. The first-order valence-electron chi connectivity index (χ1n) is 6.81. The van der Waals surface area contributed by atoms with Crippen LogP contribution in [0.5, 0.6) is 11.5 Å². The highest BCUT2D eigenvalue weighted by molar-refractivity contribution is 14.1. The van der Waals surface area contributed by atoms with Gasteiger partial charge >= 0.3 is 0 Å². The van der Waals surface area contributed by atoms with Crippen LogP contribution < -0.4 is 20.3 Å². The molecule has 2 aromatic rings. The molecule has 126 valence electrons. The van der Waals surface area contributed by atoms with Gasteiger partial charge in [-0.2, -0.15) is 0 Å².